The number of carbonyl (C=O) groups excluding carboxylic acids is 2. The Labute approximate surface area is 238 Å². The van der Waals surface area contributed by atoms with Crippen LogP contribution in [0.1, 0.15) is 57.6 Å². The minimum absolute atomic E-state index is 0.120. The van der Waals surface area contributed by atoms with E-state index in [-0.39, 0.29) is 24.8 Å². The lowest BCUT2D eigenvalue weighted by molar-refractivity contribution is -0.150. The molecule has 206 valence electrons. The van der Waals surface area contributed by atoms with Gasteiger partial charge in [0, 0.05) is 12.0 Å². The number of carbonyl (C=O) groups is 2. The Morgan fingerprint density at radius 3 is 2.46 bits per heavy atom. The minimum atomic E-state index is -1.36. The smallest absolute Gasteiger partial charge is 0.326 e. The number of nitrogens with zero attached hydrogens (tertiary/aromatic N) is 1. The Balaban J connectivity index is 1.60. The Kier molecular flexibility index (Phi) is 7.95. The molecular formula is C34H30FN3O3. The van der Waals surface area contributed by atoms with E-state index in [1.54, 1.807) is 49.4 Å². The maximum absolute atomic E-state index is 14.8. The number of cyclic esters (lactones) is 1. The molecule has 2 atom stereocenters. The van der Waals surface area contributed by atoms with Gasteiger partial charge in [0.25, 0.3) is 5.91 Å². The number of esters is 1. The molecule has 2 unspecified atom stereocenters. The van der Waals surface area contributed by atoms with Crippen molar-refractivity contribution in [2.24, 2.45) is 5.73 Å². The molecule has 41 heavy (non-hydrogen) atoms. The first-order chi connectivity index (χ1) is 19.7. The van der Waals surface area contributed by atoms with Crippen LogP contribution in [-0.2, 0) is 29.0 Å². The third-order valence-corrected chi connectivity index (χ3v) is 7.34. The fraction of sp³-hybridized carbons (Fsp3) is 0.206. The standard InChI is InChI=1S/C34H30FN3O3/c1-34(37)19-22-11-13-30(35)25(15-22)12-14-31(24-7-3-2-4-8-24)38-32(39)28-17-23(21-41-33(34)40)16-27(18-28)29-10-6-5-9-26(29)20-36/h2-11,13,15-18,31H,12,14,19,21,37H2,1H3,(H,38,39). The number of aryl methyl sites for hydroxylation is 1. The average molecular weight is 548 g/mol. The first-order valence-corrected chi connectivity index (χ1v) is 13.5. The van der Waals surface area contributed by atoms with E-state index in [4.69, 9.17) is 10.5 Å². The van der Waals surface area contributed by atoms with Crippen LogP contribution in [0.5, 0.6) is 0 Å². The van der Waals surface area contributed by atoms with Crippen LogP contribution >= 0.6 is 0 Å². The second-order valence-corrected chi connectivity index (χ2v) is 10.6. The lowest BCUT2D eigenvalue weighted by Crippen LogP contribution is -2.48. The van der Waals surface area contributed by atoms with Crippen molar-refractivity contribution in [2.45, 2.75) is 44.4 Å². The summed E-state index contributed by atoms with van der Waals surface area (Å²) in [5.74, 6) is -1.32. The highest BCUT2D eigenvalue weighted by Crippen LogP contribution is 2.28. The molecule has 1 aliphatic heterocycles. The van der Waals surface area contributed by atoms with Gasteiger partial charge >= 0.3 is 5.97 Å². The van der Waals surface area contributed by atoms with Crippen molar-refractivity contribution in [3.05, 3.63) is 130 Å². The van der Waals surface area contributed by atoms with Crippen LogP contribution in [0.2, 0.25) is 0 Å². The predicted octanol–water partition coefficient (Wildman–Crippen LogP) is 5.78. The molecule has 4 bridgehead atoms. The molecule has 6 nitrogen and oxygen atoms in total. The predicted molar refractivity (Wildman–Crippen MR) is 154 cm³/mol. The van der Waals surface area contributed by atoms with Gasteiger partial charge in [0.1, 0.15) is 18.0 Å². The zero-order chi connectivity index (χ0) is 29.0. The van der Waals surface area contributed by atoms with Gasteiger partial charge in [0.15, 0.2) is 0 Å². The van der Waals surface area contributed by atoms with Crippen LogP contribution in [0.4, 0.5) is 4.39 Å². The second-order valence-electron chi connectivity index (χ2n) is 10.6. The molecule has 4 aromatic rings. The summed E-state index contributed by atoms with van der Waals surface area (Å²) in [4.78, 5) is 26.8. The molecule has 7 heteroatoms. The van der Waals surface area contributed by atoms with Crippen molar-refractivity contribution in [3.63, 3.8) is 0 Å². The summed E-state index contributed by atoms with van der Waals surface area (Å²) in [6, 6.07) is 28.4. The highest BCUT2D eigenvalue weighted by Gasteiger charge is 2.31. The second kappa shape index (κ2) is 11.7. The lowest BCUT2D eigenvalue weighted by atomic mass is 9.91. The molecule has 1 aliphatic rings. The maximum atomic E-state index is 14.8. The first-order valence-electron chi connectivity index (χ1n) is 13.5. The van der Waals surface area contributed by atoms with E-state index < -0.39 is 17.6 Å². The first kappa shape index (κ1) is 27.8. The number of nitrogens with two attached hydrogens (primary N) is 1. The van der Waals surface area contributed by atoms with Crippen LogP contribution in [-0.4, -0.2) is 17.4 Å². The molecule has 0 aliphatic carbocycles. The minimum Gasteiger partial charge on any atom is -0.459 e. The monoisotopic (exact) mass is 547 g/mol. The van der Waals surface area contributed by atoms with E-state index in [0.29, 0.717) is 51.8 Å². The molecule has 0 fully saturated rings. The van der Waals surface area contributed by atoms with E-state index in [0.717, 1.165) is 5.56 Å². The quantitative estimate of drug-likeness (QED) is 0.309. The van der Waals surface area contributed by atoms with Crippen molar-refractivity contribution in [1.82, 2.24) is 5.32 Å². The van der Waals surface area contributed by atoms with Crippen LogP contribution in [0.25, 0.3) is 11.1 Å². The molecule has 1 amide bonds. The van der Waals surface area contributed by atoms with Crippen LogP contribution in [0.3, 0.4) is 0 Å². The summed E-state index contributed by atoms with van der Waals surface area (Å²) in [6.07, 6.45) is 0.965. The molecule has 0 radical (unpaired) electrons. The molecule has 3 N–H and O–H groups in total. The van der Waals surface area contributed by atoms with E-state index in [1.165, 1.54) is 6.07 Å². The summed E-state index contributed by atoms with van der Waals surface area (Å²) in [5, 5.41) is 12.8. The number of amides is 1. The highest BCUT2D eigenvalue weighted by molar-refractivity contribution is 5.96. The number of nitriles is 1. The van der Waals surface area contributed by atoms with Crippen molar-refractivity contribution < 1.29 is 18.7 Å². The molecule has 1 heterocycles. The molecular weight excluding hydrogens is 517 g/mol. The Hall–Kier alpha value is -4.80. The molecule has 4 aromatic carbocycles. The largest absolute Gasteiger partial charge is 0.459 e. The average Bonchev–Trinajstić information content (AvgIpc) is 2.98. The Morgan fingerprint density at radius 1 is 0.951 bits per heavy atom. The van der Waals surface area contributed by atoms with Crippen LogP contribution < -0.4 is 11.1 Å². The number of ether oxygens (including phenoxy) is 1. The Morgan fingerprint density at radius 2 is 1.68 bits per heavy atom. The zero-order valence-electron chi connectivity index (χ0n) is 22.7. The molecule has 0 spiro atoms. The maximum Gasteiger partial charge on any atom is 0.326 e. The molecule has 5 rings (SSSR count). The third kappa shape index (κ3) is 6.34. The number of hydrogen-bond donors (Lipinski definition) is 2. The summed E-state index contributed by atoms with van der Waals surface area (Å²) in [5.41, 5.74) is 9.81. The van der Waals surface area contributed by atoms with Crippen LogP contribution in [0.15, 0.2) is 91.0 Å². The number of nitrogens with one attached hydrogen (secondary N) is 1. The molecule has 0 aromatic heterocycles. The van der Waals surface area contributed by atoms with E-state index in [9.17, 15) is 19.2 Å². The van der Waals surface area contributed by atoms with E-state index in [1.807, 2.05) is 42.5 Å². The number of hydrogen-bond acceptors (Lipinski definition) is 5. The van der Waals surface area contributed by atoms with Gasteiger partial charge in [-0.25, -0.2) is 4.39 Å². The van der Waals surface area contributed by atoms with Crippen molar-refractivity contribution in [2.75, 3.05) is 0 Å². The number of fused-ring (bicyclic) bond motifs is 4. The normalized spacial score (nSPS) is 19.5. The van der Waals surface area contributed by atoms with Gasteiger partial charge < -0.3 is 15.8 Å². The van der Waals surface area contributed by atoms with Gasteiger partial charge in [0.2, 0.25) is 0 Å². The SMILES string of the molecule is CC1(N)Cc2ccc(F)c(c2)CCC(c2ccccc2)NC(=O)c2cc(cc(-c3ccccc3C#N)c2)COC1=O. The summed E-state index contributed by atoms with van der Waals surface area (Å²) in [6.45, 7) is 1.47. The fourth-order valence-corrected chi connectivity index (χ4v) is 5.18. The van der Waals surface area contributed by atoms with Gasteiger partial charge in [-0.2, -0.15) is 5.26 Å². The van der Waals surface area contributed by atoms with Crippen molar-refractivity contribution in [1.29, 1.82) is 5.26 Å². The van der Waals surface area contributed by atoms with Gasteiger partial charge in [-0.1, -0.05) is 60.7 Å². The summed E-state index contributed by atoms with van der Waals surface area (Å²) >= 11 is 0. The number of halogens is 1. The van der Waals surface area contributed by atoms with Gasteiger partial charge in [-0.3, -0.25) is 9.59 Å². The zero-order valence-corrected chi connectivity index (χ0v) is 22.7. The fourth-order valence-electron chi connectivity index (χ4n) is 5.18. The Bertz CT molecular complexity index is 1640. The number of benzene rings is 4. The van der Waals surface area contributed by atoms with Crippen LogP contribution in [0, 0.1) is 17.1 Å². The van der Waals surface area contributed by atoms with E-state index in [2.05, 4.69) is 11.4 Å². The van der Waals surface area contributed by atoms with Crippen molar-refractivity contribution >= 4 is 11.9 Å². The molecule has 0 saturated heterocycles. The summed E-state index contributed by atoms with van der Waals surface area (Å²) in [7, 11) is 0. The highest BCUT2D eigenvalue weighted by atomic mass is 19.1. The van der Waals surface area contributed by atoms with E-state index >= 15 is 0 Å². The number of rotatable bonds is 2. The van der Waals surface area contributed by atoms with Gasteiger partial charge in [0.05, 0.1) is 17.7 Å². The van der Waals surface area contributed by atoms with Crippen molar-refractivity contribution in [3.8, 4) is 17.2 Å². The topological polar surface area (TPSA) is 105 Å². The molecule has 0 saturated carbocycles. The van der Waals surface area contributed by atoms with Gasteiger partial charge in [-0.05, 0) is 83.5 Å². The third-order valence-electron chi connectivity index (χ3n) is 7.34. The lowest BCUT2D eigenvalue weighted by Gasteiger charge is -2.24. The summed E-state index contributed by atoms with van der Waals surface area (Å²) < 4.78 is 20.5. The van der Waals surface area contributed by atoms with Gasteiger partial charge in [-0.15, -0.1) is 0 Å².